The number of nitrogens with zero attached hydrogens (tertiary/aromatic N) is 2. The number of hydrogen-bond donors (Lipinski definition) is 5. The number of carboxylic acid groups (broad SMARTS) is 1. The molecule has 9 nitrogen and oxygen atoms in total. The van der Waals surface area contributed by atoms with Crippen LogP contribution in [0.25, 0.3) is 0 Å². The van der Waals surface area contributed by atoms with Crippen LogP contribution in [0.4, 0.5) is 5.69 Å². The zero-order chi connectivity index (χ0) is 24.0. The van der Waals surface area contributed by atoms with E-state index < -0.39 is 17.9 Å². The van der Waals surface area contributed by atoms with E-state index in [0.717, 1.165) is 24.3 Å². The van der Waals surface area contributed by atoms with E-state index >= 15 is 0 Å². The van der Waals surface area contributed by atoms with E-state index in [1.54, 1.807) is 30.3 Å². The van der Waals surface area contributed by atoms with Crippen LogP contribution < -0.4 is 21.7 Å². The highest BCUT2D eigenvalue weighted by atomic mass is 35.5. The van der Waals surface area contributed by atoms with E-state index in [9.17, 15) is 14.7 Å². The molecule has 7 N–H and O–H groups in total. The first-order valence-corrected chi connectivity index (χ1v) is 11.0. The third-order valence-electron chi connectivity index (χ3n) is 5.54. The highest BCUT2D eigenvalue weighted by Crippen LogP contribution is 2.29. The summed E-state index contributed by atoms with van der Waals surface area (Å²) in [6.45, 7) is 1.73. The molecule has 0 aromatic heterocycles. The van der Waals surface area contributed by atoms with Gasteiger partial charge in [-0.2, -0.15) is 4.99 Å². The molecule has 33 heavy (non-hydrogen) atoms. The minimum atomic E-state index is -1.09. The smallest absolute Gasteiger partial charge is 0.320 e. The molecule has 2 aromatic carbocycles. The van der Waals surface area contributed by atoms with Crippen molar-refractivity contribution < 1.29 is 19.8 Å². The van der Waals surface area contributed by atoms with E-state index in [1.807, 2.05) is 12.1 Å². The van der Waals surface area contributed by atoms with Crippen LogP contribution in [0.15, 0.2) is 47.5 Å². The Morgan fingerprint density at radius 3 is 2.48 bits per heavy atom. The van der Waals surface area contributed by atoms with E-state index in [4.69, 9.17) is 28.2 Å². The Kier molecular flexibility index (Phi) is 8.26. The Hall–Kier alpha value is -3.14. The largest absolute Gasteiger partial charge is 0.480 e. The first-order valence-electron chi connectivity index (χ1n) is 10.6. The summed E-state index contributed by atoms with van der Waals surface area (Å²) in [5.41, 5.74) is 14.3. The Morgan fingerprint density at radius 1 is 1.18 bits per heavy atom. The number of carbonyl (C=O) groups is 2. The molecular weight excluding hydrogens is 446 g/mol. The van der Waals surface area contributed by atoms with Crippen LogP contribution in [0.5, 0.6) is 0 Å². The first kappa shape index (κ1) is 24.5. The third-order valence-corrected chi connectivity index (χ3v) is 5.90. The molecule has 2 aromatic rings. The van der Waals surface area contributed by atoms with Crippen LogP contribution >= 0.6 is 11.6 Å². The standard InChI is InChI=1S/C23H28ClN5O4/c24-18-2-1-3-20(29-10-8-16(30)9-11-29)17(18)13-27-23(26)28-21(31)15-6-4-14(5-7-15)12-19(25)22(32)33/h1-7,16,19,30H,8-13,25H2,(H,32,33)(H3,26,27,28,31)/t19-/m0/s1. The highest BCUT2D eigenvalue weighted by molar-refractivity contribution is 6.31. The fourth-order valence-electron chi connectivity index (χ4n) is 3.64. The van der Waals surface area contributed by atoms with Gasteiger partial charge in [0.25, 0.3) is 5.91 Å². The maximum Gasteiger partial charge on any atom is 0.320 e. The summed E-state index contributed by atoms with van der Waals surface area (Å²) in [5.74, 6) is -1.66. The SMILES string of the molecule is N/C(=N\C(=O)c1ccc(C[C@H](N)C(=O)O)cc1)NCc1c(Cl)cccc1N1CCC(O)CC1. The molecule has 1 aliphatic rings. The van der Waals surface area contributed by atoms with Crippen molar-refractivity contribution in [1.82, 2.24) is 5.32 Å². The molecule has 1 atom stereocenters. The van der Waals surface area contributed by atoms with Gasteiger partial charge in [0.05, 0.1) is 6.10 Å². The molecule has 3 rings (SSSR count). The Labute approximate surface area is 197 Å². The Balaban J connectivity index is 1.64. The first-order chi connectivity index (χ1) is 15.7. The van der Waals surface area contributed by atoms with Gasteiger partial charge in [-0.05, 0) is 49.1 Å². The molecule has 0 bridgehead atoms. The average molecular weight is 474 g/mol. The van der Waals surface area contributed by atoms with Crippen molar-refractivity contribution in [1.29, 1.82) is 0 Å². The topological polar surface area (TPSA) is 154 Å². The van der Waals surface area contributed by atoms with Crippen molar-refractivity contribution in [3.8, 4) is 0 Å². The number of rotatable bonds is 7. The second-order valence-electron chi connectivity index (χ2n) is 7.96. The summed E-state index contributed by atoms with van der Waals surface area (Å²) >= 11 is 6.42. The number of aliphatic imine (C=N–C) groups is 1. The molecule has 0 aliphatic carbocycles. The quantitative estimate of drug-likeness (QED) is 0.299. The predicted molar refractivity (Wildman–Crippen MR) is 127 cm³/mol. The third kappa shape index (κ3) is 6.67. The van der Waals surface area contributed by atoms with Crippen LogP contribution in [0.2, 0.25) is 5.02 Å². The van der Waals surface area contributed by atoms with Crippen molar-refractivity contribution in [2.24, 2.45) is 16.5 Å². The summed E-state index contributed by atoms with van der Waals surface area (Å²) in [6, 6.07) is 11.0. The predicted octanol–water partition coefficient (Wildman–Crippen LogP) is 1.50. The van der Waals surface area contributed by atoms with Crippen LogP contribution in [0.3, 0.4) is 0 Å². The number of carbonyl (C=O) groups excluding carboxylic acids is 1. The Bertz CT molecular complexity index is 1020. The summed E-state index contributed by atoms with van der Waals surface area (Å²) < 4.78 is 0. The maximum atomic E-state index is 12.4. The van der Waals surface area contributed by atoms with Crippen LogP contribution in [-0.4, -0.2) is 53.3 Å². The van der Waals surface area contributed by atoms with Crippen LogP contribution in [0.1, 0.15) is 34.3 Å². The van der Waals surface area contributed by atoms with E-state index in [-0.39, 0.29) is 25.0 Å². The van der Waals surface area contributed by atoms with Gasteiger partial charge in [0.15, 0.2) is 5.96 Å². The van der Waals surface area contributed by atoms with Crippen molar-refractivity contribution in [2.45, 2.75) is 38.0 Å². The van der Waals surface area contributed by atoms with Gasteiger partial charge in [-0.3, -0.25) is 9.59 Å². The summed E-state index contributed by atoms with van der Waals surface area (Å²) in [7, 11) is 0. The fourth-order valence-corrected chi connectivity index (χ4v) is 3.88. The maximum absolute atomic E-state index is 12.4. The van der Waals surface area contributed by atoms with E-state index in [2.05, 4.69) is 15.2 Å². The molecule has 0 radical (unpaired) electrons. The molecule has 0 saturated carbocycles. The number of piperidine rings is 1. The molecule has 1 amide bonds. The van der Waals surface area contributed by atoms with Gasteiger partial charge < -0.3 is 31.9 Å². The summed E-state index contributed by atoms with van der Waals surface area (Å²) in [4.78, 5) is 29.4. The molecule has 1 aliphatic heterocycles. The van der Waals surface area contributed by atoms with Gasteiger partial charge in [0.2, 0.25) is 0 Å². The second kappa shape index (κ2) is 11.1. The van der Waals surface area contributed by atoms with Crippen molar-refractivity contribution in [3.63, 3.8) is 0 Å². The van der Waals surface area contributed by atoms with E-state index in [1.165, 1.54) is 0 Å². The van der Waals surface area contributed by atoms with Gasteiger partial charge in [0.1, 0.15) is 6.04 Å². The van der Waals surface area contributed by atoms with Gasteiger partial charge in [-0.1, -0.05) is 29.8 Å². The molecule has 10 heteroatoms. The molecule has 1 heterocycles. The molecule has 176 valence electrons. The molecule has 1 saturated heterocycles. The van der Waals surface area contributed by atoms with Gasteiger partial charge in [-0.15, -0.1) is 0 Å². The lowest BCUT2D eigenvalue weighted by molar-refractivity contribution is -0.138. The number of carboxylic acids is 1. The lowest BCUT2D eigenvalue weighted by Crippen LogP contribution is -2.37. The minimum Gasteiger partial charge on any atom is -0.480 e. The van der Waals surface area contributed by atoms with Gasteiger partial charge in [0, 0.05) is 41.5 Å². The number of benzene rings is 2. The average Bonchev–Trinajstić information content (AvgIpc) is 2.79. The lowest BCUT2D eigenvalue weighted by atomic mass is 10.0. The van der Waals surface area contributed by atoms with Gasteiger partial charge >= 0.3 is 5.97 Å². The number of aliphatic hydroxyl groups is 1. The van der Waals surface area contributed by atoms with Crippen molar-refractivity contribution in [2.75, 3.05) is 18.0 Å². The van der Waals surface area contributed by atoms with Gasteiger partial charge in [-0.25, -0.2) is 0 Å². The number of halogens is 1. The number of amides is 1. The minimum absolute atomic E-state index is 0.0445. The number of nitrogens with two attached hydrogens (primary N) is 2. The zero-order valence-electron chi connectivity index (χ0n) is 18.1. The summed E-state index contributed by atoms with van der Waals surface area (Å²) in [6.07, 6.45) is 1.27. The molecule has 0 unspecified atom stereocenters. The number of anilines is 1. The Morgan fingerprint density at radius 2 is 1.85 bits per heavy atom. The lowest BCUT2D eigenvalue weighted by Gasteiger charge is -2.33. The van der Waals surface area contributed by atoms with Crippen molar-refractivity contribution in [3.05, 3.63) is 64.2 Å². The number of hydrogen-bond acceptors (Lipinski definition) is 5. The molecule has 0 spiro atoms. The number of aliphatic carboxylic acids is 1. The van der Waals surface area contributed by atoms with Crippen LogP contribution in [0, 0.1) is 0 Å². The van der Waals surface area contributed by atoms with Crippen LogP contribution in [-0.2, 0) is 17.8 Å². The van der Waals surface area contributed by atoms with E-state index in [0.29, 0.717) is 29.0 Å². The highest BCUT2D eigenvalue weighted by Gasteiger charge is 2.20. The molecule has 1 fully saturated rings. The fraction of sp³-hybridized carbons (Fsp3) is 0.348. The summed E-state index contributed by atoms with van der Waals surface area (Å²) in [5, 5.41) is 22.2. The number of aliphatic hydroxyl groups excluding tert-OH is 1. The normalized spacial score (nSPS) is 15.8. The van der Waals surface area contributed by atoms with Crippen molar-refractivity contribution >= 4 is 35.1 Å². The number of guanidine groups is 1. The second-order valence-corrected chi connectivity index (χ2v) is 8.36. The monoisotopic (exact) mass is 473 g/mol. The molecular formula is C23H28ClN5O4. The number of nitrogens with one attached hydrogen (secondary N) is 1. The zero-order valence-corrected chi connectivity index (χ0v) is 18.8.